The number of rotatable bonds is 3. The molecule has 1 saturated carbocycles. The van der Waals surface area contributed by atoms with Crippen molar-refractivity contribution in [2.24, 2.45) is 5.92 Å². The standard InChI is InChI=1S/C16H24N2/c1-12-4-2-7-15(10-12)18-11-14-6-3-5-13-8-9-17-16(13)14/h3,5-6,12,15,17-18H,2,4,7-11H2,1H3. The molecule has 18 heavy (non-hydrogen) atoms. The smallest absolute Gasteiger partial charge is 0.0419 e. The van der Waals surface area contributed by atoms with Gasteiger partial charge in [0, 0.05) is 24.8 Å². The molecule has 1 aromatic rings. The van der Waals surface area contributed by atoms with Crippen molar-refractivity contribution in [1.29, 1.82) is 0 Å². The molecule has 2 unspecified atom stereocenters. The Bertz CT molecular complexity index is 414. The van der Waals surface area contributed by atoms with E-state index in [2.05, 4.69) is 35.8 Å². The van der Waals surface area contributed by atoms with Gasteiger partial charge in [-0.25, -0.2) is 0 Å². The highest BCUT2D eigenvalue weighted by Gasteiger charge is 2.19. The first kappa shape index (κ1) is 12.0. The van der Waals surface area contributed by atoms with Crippen LogP contribution in [-0.4, -0.2) is 12.6 Å². The fourth-order valence-corrected chi connectivity index (χ4v) is 3.43. The quantitative estimate of drug-likeness (QED) is 0.852. The van der Waals surface area contributed by atoms with Crippen LogP contribution in [0.25, 0.3) is 0 Å². The van der Waals surface area contributed by atoms with Crippen LogP contribution >= 0.6 is 0 Å². The van der Waals surface area contributed by atoms with E-state index in [-0.39, 0.29) is 0 Å². The van der Waals surface area contributed by atoms with E-state index in [4.69, 9.17) is 0 Å². The maximum atomic E-state index is 3.76. The van der Waals surface area contributed by atoms with Crippen molar-refractivity contribution in [3.63, 3.8) is 0 Å². The van der Waals surface area contributed by atoms with E-state index in [9.17, 15) is 0 Å². The van der Waals surface area contributed by atoms with Gasteiger partial charge in [-0.15, -0.1) is 0 Å². The van der Waals surface area contributed by atoms with Gasteiger partial charge in [0.1, 0.15) is 0 Å². The largest absolute Gasteiger partial charge is 0.384 e. The Hall–Kier alpha value is -1.02. The zero-order valence-corrected chi connectivity index (χ0v) is 11.3. The molecule has 1 aliphatic heterocycles. The fourth-order valence-electron chi connectivity index (χ4n) is 3.43. The lowest BCUT2D eigenvalue weighted by Gasteiger charge is -2.28. The lowest BCUT2D eigenvalue weighted by molar-refractivity contribution is 0.300. The van der Waals surface area contributed by atoms with Crippen LogP contribution in [0.5, 0.6) is 0 Å². The van der Waals surface area contributed by atoms with Crippen LogP contribution in [-0.2, 0) is 13.0 Å². The van der Waals surface area contributed by atoms with Gasteiger partial charge in [-0.05, 0) is 36.3 Å². The van der Waals surface area contributed by atoms with Crippen molar-refractivity contribution in [2.75, 3.05) is 11.9 Å². The molecule has 3 rings (SSSR count). The Morgan fingerprint density at radius 1 is 1.33 bits per heavy atom. The van der Waals surface area contributed by atoms with Crippen LogP contribution in [0.4, 0.5) is 5.69 Å². The maximum Gasteiger partial charge on any atom is 0.0419 e. The second kappa shape index (κ2) is 5.31. The molecule has 0 bridgehead atoms. The molecule has 1 aliphatic carbocycles. The number of benzene rings is 1. The molecule has 1 heterocycles. The summed E-state index contributed by atoms with van der Waals surface area (Å²) in [6, 6.07) is 7.44. The van der Waals surface area contributed by atoms with E-state index in [0.717, 1.165) is 25.0 Å². The number of hydrogen-bond donors (Lipinski definition) is 2. The first-order valence-corrected chi connectivity index (χ1v) is 7.41. The number of hydrogen-bond acceptors (Lipinski definition) is 2. The van der Waals surface area contributed by atoms with E-state index < -0.39 is 0 Å². The molecular weight excluding hydrogens is 220 g/mol. The Morgan fingerprint density at radius 3 is 3.17 bits per heavy atom. The van der Waals surface area contributed by atoms with Gasteiger partial charge in [0.2, 0.25) is 0 Å². The molecule has 98 valence electrons. The highest BCUT2D eigenvalue weighted by Crippen LogP contribution is 2.27. The number of anilines is 1. The molecule has 0 aromatic heterocycles. The lowest BCUT2D eigenvalue weighted by Crippen LogP contribution is -2.33. The highest BCUT2D eigenvalue weighted by atomic mass is 14.9. The molecule has 2 N–H and O–H groups in total. The molecule has 2 heteroatoms. The highest BCUT2D eigenvalue weighted by molar-refractivity contribution is 5.61. The van der Waals surface area contributed by atoms with Crippen LogP contribution < -0.4 is 10.6 Å². The number of fused-ring (bicyclic) bond motifs is 1. The average molecular weight is 244 g/mol. The minimum atomic E-state index is 0.728. The predicted octanol–water partition coefficient (Wildman–Crippen LogP) is 3.32. The summed E-state index contributed by atoms with van der Waals surface area (Å²) in [5, 5.41) is 7.28. The minimum absolute atomic E-state index is 0.728. The Morgan fingerprint density at radius 2 is 2.28 bits per heavy atom. The van der Waals surface area contributed by atoms with Gasteiger partial charge in [-0.2, -0.15) is 0 Å². The van der Waals surface area contributed by atoms with Crippen LogP contribution in [0.15, 0.2) is 18.2 Å². The zero-order chi connectivity index (χ0) is 12.4. The monoisotopic (exact) mass is 244 g/mol. The van der Waals surface area contributed by atoms with Crippen LogP contribution in [0.2, 0.25) is 0 Å². The third-order valence-corrected chi connectivity index (χ3v) is 4.45. The minimum Gasteiger partial charge on any atom is -0.384 e. The van der Waals surface area contributed by atoms with E-state index in [1.165, 1.54) is 48.9 Å². The number of nitrogens with one attached hydrogen (secondary N) is 2. The fraction of sp³-hybridized carbons (Fsp3) is 0.625. The van der Waals surface area contributed by atoms with E-state index >= 15 is 0 Å². The summed E-state index contributed by atoms with van der Waals surface area (Å²) in [6.45, 7) is 4.51. The molecule has 0 amide bonds. The molecule has 2 nitrogen and oxygen atoms in total. The second-order valence-corrected chi connectivity index (χ2v) is 5.98. The Kier molecular flexibility index (Phi) is 3.55. The van der Waals surface area contributed by atoms with Crippen molar-refractivity contribution < 1.29 is 0 Å². The first-order valence-electron chi connectivity index (χ1n) is 7.41. The molecule has 1 aromatic carbocycles. The van der Waals surface area contributed by atoms with Crippen molar-refractivity contribution in [1.82, 2.24) is 5.32 Å². The molecule has 2 aliphatic rings. The molecule has 0 spiro atoms. The zero-order valence-electron chi connectivity index (χ0n) is 11.3. The average Bonchev–Trinajstić information content (AvgIpc) is 2.85. The lowest BCUT2D eigenvalue weighted by atomic mass is 9.87. The summed E-state index contributed by atoms with van der Waals surface area (Å²) < 4.78 is 0. The van der Waals surface area contributed by atoms with Gasteiger partial charge in [0.25, 0.3) is 0 Å². The molecule has 0 saturated heterocycles. The maximum absolute atomic E-state index is 3.76. The van der Waals surface area contributed by atoms with Crippen molar-refractivity contribution >= 4 is 5.69 Å². The van der Waals surface area contributed by atoms with Crippen LogP contribution in [0.1, 0.15) is 43.7 Å². The van der Waals surface area contributed by atoms with Crippen LogP contribution in [0.3, 0.4) is 0 Å². The Balaban J connectivity index is 1.61. The third-order valence-electron chi connectivity index (χ3n) is 4.45. The summed E-state index contributed by atoms with van der Waals surface area (Å²) in [6.07, 6.45) is 6.70. The SMILES string of the molecule is CC1CCCC(NCc2cccc3c2NCC3)C1. The van der Waals surface area contributed by atoms with Gasteiger partial charge in [0.05, 0.1) is 0 Å². The van der Waals surface area contributed by atoms with Crippen molar-refractivity contribution in [2.45, 2.75) is 51.6 Å². The molecule has 0 radical (unpaired) electrons. The summed E-state index contributed by atoms with van der Waals surface area (Å²) in [4.78, 5) is 0. The molecular formula is C16H24N2. The van der Waals surface area contributed by atoms with E-state index in [1.54, 1.807) is 0 Å². The number of para-hydroxylation sites is 1. The molecule has 2 atom stereocenters. The van der Waals surface area contributed by atoms with Gasteiger partial charge in [-0.3, -0.25) is 0 Å². The third kappa shape index (κ3) is 2.54. The topological polar surface area (TPSA) is 24.1 Å². The van der Waals surface area contributed by atoms with E-state index in [1.807, 2.05) is 0 Å². The van der Waals surface area contributed by atoms with Crippen LogP contribution in [0, 0.1) is 5.92 Å². The van der Waals surface area contributed by atoms with Gasteiger partial charge in [-0.1, -0.05) is 38.0 Å². The molecule has 1 fully saturated rings. The summed E-state index contributed by atoms with van der Waals surface area (Å²) in [5.41, 5.74) is 4.34. The predicted molar refractivity (Wildman–Crippen MR) is 76.9 cm³/mol. The summed E-state index contributed by atoms with van der Waals surface area (Å²) >= 11 is 0. The Labute approximate surface area is 110 Å². The van der Waals surface area contributed by atoms with E-state index in [0.29, 0.717) is 0 Å². The summed E-state index contributed by atoms with van der Waals surface area (Å²) in [7, 11) is 0. The van der Waals surface area contributed by atoms with Crippen molar-refractivity contribution in [3.05, 3.63) is 29.3 Å². The van der Waals surface area contributed by atoms with Gasteiger partial charge in [0.15, 0.2) is 0 Å². The normalized spacial score (nSPS) is 26.7. The van der Waals surface area contributed by atoms with Crippen molar-refractivity contribution in [3.8, 4) is 0 Å². The second-order valence-electron chi connectivity index (χ2n) is 5.98. The van der Waals surface area contributed by atoms with Gasteiger partial charge >= 0.3 is 0 Å². The first-order chi connectivity index (χ1) is 8.83. The summed E-state index contributed by atoms with van der Waals surface area (Å²) in [5.74, 6) is 0.899. The van der Waals surface area contributed by atoms with Gasteiger partial charge < -0.3 is 10.6 Å².